The first-order chi connectivity index (χ1) is 16.0. The SMILES string of the molecule is CC(=O)N1CCC(NS(=O)(=O)c2ccc(-c3ccc(O)cc3)s2)(C(=O)O)C(C)c2ccccc21. The number of nitrogens with one attached hydrogen (secondary N) is 1. The minimum atomic E-state index is -4.21. The fraction of sp³-hybridized carbons (Fsp3) is 0.250. The molecule has 1 aromatic heterocycles. The summed E-state index contributed by atoms with van der Waals surface area (Å²) >= 11 is 1.01. The summed E-state index contributed by atoms with van der Waals surface area (Å²) in [5.41, 5.74) is 0.0276. The molecule has 0 aliphatic carbocycles. The van der Waals surface area contributed by atoms with Crippen molar-refractivity contribution in [1.82, 2.24) is 4.72 Å². The summed E-state index contributed by atoms with van der Waals surface area (Å²) in [6.07, 6.45) is -0.104. The fourth-order valence-electron chi connectivity index (χ4n) is 4.33. The molecule has 2 unspecified atom stereocenters. The topological polar surface area (TPSA) is 124 Å². The van der Waals surface area contributed by atoms with Crippen molar-refractivity contribution < 1.29 is 28.2 Å². The number of amides is 1. The molecule has 34 heavy (non-hydrogen) atoms. The van der Waals surface area contributed by atoms with Gasteiger partial charge in [0, 0.05) is 30.0 Å². The largest absolute Gasteiger partial charge is 0.508 e. The number of sulfonamides is 1. The van der Waals surface area contributed by atoms with E-state index in [1.54, 1.807) is 49.4 Å². The van der Waals surface area contributed by atoms with Gasteiger partial charge in [-0.15, -0.1) is 11.3 Å². The third kappa shape index (κ3) is 4.20. The molecular formula is C24H24N2O6S2. The summed E-state index contributed by atoms with van der Waals surface area (Å²) < 4.78 is 29.3. The van der Waals surface area contributed by atoms with Crippen LogP contribution in [0.4, 0.5) is 5.69 Å². The van der Waals surface area contributed by atoms with E-state index >= 15 is 0 Å². The van der Waals surface area contributed by atoms with Crippen molar-refractivity contribution in [2.24, 2.45) is 0 Å². The maximum Gasteiger partial charge on any atom is 0.325 e. The average molecular weight is 501 g/mol. The van der Waals surface area contributed by atoms with Crippen LogP contribution in [0, 0.1) is 0 Å². The number of phenols is 1. The Morgan fingerprint density at radius 2 is 1.76 bits per heavy atom. The van der Waals surface area contributed by atoms with Crippen molar-refractivity contribution >= 4 is 38.9 Å². The highest BCUT2D eigenvalue weighted by molar-refractivity contribution is 7.91. The predicted octanol–water partition coefficient (Wildman–Crippen LogP) is 3.78. The van der Waals surface area contributed by atoms with Gasteiger partial charge >= 0.3 is 5.97 Å². The summed E-state index contributed by atoms with van der Waals surface area (Å²) in [5.74, 6) is -2.21. The number of carboxylic acid groups (broad SMARTS) is 1. The van der Waals surface area contributed by atoms with Crippen LogP contribution in [0.25, 0.3) is 10.4 Å². The number of hydrogen-bond donors (Lipinski definition) is 3. The van der Waals surface area contributed by atoms with Crippen molar-refractivity contribution in [3.63, 3.8) is 0 Å². The molecule has 0 bridgehead atoms. The molecule has 0 radical (unpaired) electrons. The predicted molar refractivity (Wildman–Crippen MR) is 130 cm³/mol. The van der Waals surface area contributed by atoms with Gasteiger partial charge in [-0.3, -0.25) is 9.59 Å². The van der Waals surface area contributed by atoms with Crippen LogP contribution in [-0.2, 0) is 19.6 Å². The van der Waals surface area contributed by atoms with Gasteiger partial charge in [-0.25, -0.2) is 8.42 Å². The van der Waals surface area contributed by atoms with E-state index in [0.29, 0.717) is 16.1 Å². The smallest absolute Gasteiger partial charge is 0.325 e. The molecule has 4 rings (SSSR count). The Balaban J connectivity index is 1.74. The molecule has 1 aliphatic heterocycles. The summed E-state index contributed by atoms with van der Waals surface area (Å²) in [6, 6.07) is 16.4. The lowest BCUT2D eigenvalue weighted by Crippen LogP contribution is -2.58. The molecule has 0 saturated carbocycles. The summed E-state index contributed by atoms with van der Waals surface area (Å²) in [5, 5.41) is 19.8. The Morgan fingerprint density at radius 1 is 1.09 bits per heavy atom. The molecule has 178 valence electrons. The quantitative estimate of drug-likeness (QED) is 0.490. The van der Waals surface area contributed by atoms with Gasteiger partial charge in [0.05, 0.1) is 0 Å². The van der Waals surface area contributed by atoms with Gasteiger partial charge in [0.2, 0.25) is 5.91 Å². The van der Waals surface area contributed by atoms with Crippen molar-refractivity contribution in [3.8, 4) is 16.2 Å². The zero-order valence-electron chi connectivity index (χ0n) is 18.6. The Labute approximate surface area is 201 Å². The maximum atomic E-state index is 13.4. The van der Waals surface area contributed by atoms with E-state index in [4.69, 9.17) is 0 Å². The second kappa shape index (κ2) is 8.86. The molecule has 1 aliphatic rings. The van der Waals surface area contributed by atoms with E-state index in [-0.39, 0.29) is 28.8 Å². The number of rotatable bonds is 5. The normalized spacial score (nSPS) is 20.4. The van der Waals surface area contributed by atoms with Crippen LogP contribution in [0.15, 0.2) is 64.9 Å². The van der Waals surface area contributed by atoms with Crippen LogP contribution >= 0.6 is 11.3 Å². The lowest BCUT2D eigenvalue weighted by atomic mass is 9.79. The van der Waals surface area contributed by atoms with Crippen molar-refractivity contribution in [2.75, 3.05) is 11.4 Å². The van der Waals surface area contributed by atoms with Crippen molar-refractivity contribution in [3.05, 3.63) is 66.2 Å². The first-order valence-electron chi connectivity index (χ1n) is 10.6. The number of fused-ring (bicyclic) bond motifs is 1. The highest BCUT2D eigenvalue weighted by Gasteiger charge is 2.50. The number of para-hydroxylation sites is 1. The number of carbonyl (C=O) groups is 2. The van der Waals surface area contributed by atoms with Crippen LogP contribution in [0.3, 0.4) is 0 Å². The second-order valence-electron chi connectivity index (χ2n) is 8.25. The second-order valence-corrected chi connectivity index (χ2v) is 11.2. The lowest BCUT2D eigenvalue weighted by Gasteiger charge is -2.34. The molecule has 3 aromatic rings. The molecule has 1 amide bonds. The third-order valence-corrected chi connectivity index (χ3v) is 9.38. The Morgan fingerprint density at radius 3 is 2.41 bits per heavy atom. The first kappa shape index (κ1) is 23.9. The number of aliphatic carboxylic acids is 1. The van der Waals surface area contributed by atoms with Gasteiger partial charge in [0.25, 0.3) is 10.0 Å². The highest BCUT2D eigenvalue weighted by atomic mass is 32.2. The number of aromatic hydroxyl groups is 1. The first-order valence-corrected chi connectivity index (χ1v) is 12.9. The summed E-state index contributed by atoms with van der Waals surface area (Å²) in [7, 11) is -4.21. The number of benzene rings is 2. The number of thiophene rings is 1. The monoisotopic (exact) mass is 500 g/mol. The number of nitrogens with zero attached hydrogens (tertiary/aromatic N) is 1. The van der Waals surface area contributed by atoms with Crippen molar-refractivity contribution in [1.29, 1.82) is 0 Å². The van der Waals surface area contributed by atoms with Gasteiger partial charge in [-0.2, -0.15) is 4.72 Å². The molecule has 2 heterocycles. The molecule has 0 spiro atoms. The number of anilines is 1. The molecule has 8 nitrogen and oxygen atoms in total. The van der Waals surface area contributed by atoms with Crippen molar-refractivity contribution in [2.45, 2.75) is 35.9 Å². The van der Waals surface area contributed by atoms with Crippen LogP contribution in [0.2, 0.25) is 0 Å². The molecule has 2 atom stereocenters. The van der Waals surface area contributed by atoms with E-state index in [9.17, 15) is 28.2 Å². The zero-order chi connectivity index (χ0) is 24.7. The van der Waals surface area contributed by atoms with E-state index < -0.39 is 27.4 Å². The minimum Gasteiger partial charge on any atom is -0.508 e. The fourth-order valence-corrected chi connectivity index (χ4v) is 7.10. The lowest BCUT2D eigenvalue weighted by molar-refractivity contribution is -0.145. The van der Waals surface area contributed by atoms with Crippen LogP contribution in [0.5, 0.6) is 5.75 Å². The molecule has 0 saturated heterocycles. The van der Waals surface area contributed by atoms with E-state index in [0.717, 1.165) is 16.9 Å². The van der Waals surface area contributed by atoms with Crippen LogP contribution < -0.4 is 9.62 Å². The molecule has 0 fully saturated rings. The van der Waals surface area contributed by atoms with Crippen LogP contribution in [0.1, 0.15) is 31.7 Å². The third-order valence-electron chi connectivity index (χ3n) is 6.24. The standard InChI is InChI=1S/C24H24N2O6S2/c1-15-19-5-3-4-6-20(19)26(16(2)27)14-13-24(15,23(29)30)25-34(31,32)22-12-11-21(33-22)17-7-9-18(28)10-8-17/h3-12,15,25,28H,13-14H2,1-2H3,(H,29,30). The van der Waals surface area contributed by atoms with Gasteiger partial charge in [-0.05, 0) is 60.0 Å². The van der Waals surface area contributed by atoms with Gasteiger partial charge in [0.15, 0.2) is 0 Å². The minimum absolute atomic E-state index is 0.0237. The Hall–Kier alpha value is -3.21. The average Bonchev–Trinajstić information content (AvgIpc) is 3.25. The van der Waals surface area contributed by atoms with E-state index in [1.165, 1.54) is 30.0 Å². The molecule has 2 aromatic carbocycles. The maximum absolute atomic E-state index is 13.4. The Kier molecular flexibility index (Phi) is 6.24. The molecule has 10 heteroatoms. The van der Waals surface area contributed by atoms with Gasteiger partial charge < -0.3 is 15.1 Å². The number of hydrogen-bond acceptors (Lipinski definition) is 6. The number of phenolic OH excluding ortho intramolecular Hbond substituents is 1. The summed E-state index contributed by atoms with van der Waals surface area (Å²) in [6.45, 7) is 3.11. The molecular weight excluding hydrogens is 476 g/mol. The zero-order valence-corrected chi connectivity index (χ0v) is 20.2. The van der Waals surface area contributed by atoms with Crippen LogP contribution in [-0.4, -0.2) is 42.6 Å². The van der Waals surface area contributed by atoms with E-state index in [1.807, 2.05) is 0 Å². The number of carbonyl (C=O) groups excluding carboxylic acids is 1. The highest BCUT2D eigenvalue weighted by Crippen LogP contribution is 2.42. The number of carboxylic acids is 1. The van der Waals surface area contributed by atoms with Gasteiger partial charge in [0.1, 0.15) is 15.5 Å². The summed E-state index contributed by atoms with van der Waals surface area (Å²) in [4.78, 5) is 27.1. The Bertz CT molecular complexity index is 1350. The van der Waals surface area contributed by atoms with E-state index in [2.05, 4.69) is 4.72 Å². The molecule has 3 N–H and O–H groups in total. The van der Waals surface area contributed by atoms with Gasteiger partial charge in [-0.1, -0.05) is 25.1 Å².